The van der Waals surface area contributed by atoms with Crippen LogP contribution in [0.15, 0.2) is 21.5 Å². The van der Waals surface area contributed by atoms with Crippen molar-refractivity contribution in [1.82, 2.24) is 4.31 Å². The third-order valence-corrected chi connectivity index (χ3v) is 5.57. The molecule has 9 heteroatoms. The van der Waals surface area contributed by atoms with E-state index in [1.165, 1.54) is 40.3 Å². The minimum absolute atomic E-state index is 0.0899. The lowest BCUT2D eigenvalue weighted by molar-refractivity contribution is -0.140. The predicted octanol–water partition coefficient (Wildman–Crippen LogP) is 1.56. The molecule has 0 radical (unpaired) electrons. The maximum absolute atomic E-state index is 12.5. The summed E-state index contributed by atoms with van der Waals surface area (Å²) < 4.78 is 36.5. The molecular formula is C12H16BrNO6S. The standard InChI is InChI=1S/C12H16BrNO6S/c1-7(12(15)16)14(2)21(17,18)11-6-9(19-3)8(13)5-10(11)20-4/h5-7H,1-4H3,(H,15,16). The topological polar surface area (TPSA) is 93.1 Å². The molecule has 0 bridgehead atoms. The van der Waals surface area contributed by atoms with Gasteiger partial charge in [-0.1, -0.05) is 0 Å². The summed E-state index contributed by atoms with van der Waals surface area (Å²) in [5.74, 6) is -0.859. The number of aliphatic carboxylic acids is 1. The molecule has 1 atom stereocenters. The van der Waals surface area contributed by atoms with Gasteiger partial charge < -0.3 is 14.6 Å². The van der Waals surface area contributed by atoms with Gasteiger partial charge in [-0.05, 0) is 28.9 Å². The highest BCUT2D eigenvalue weighted by Gasteiger charge is 2.32. The smallest absolute Gasteiger partial charge is 0.321 e. The molecule has 0 heterocycles. The molecule has 0 aliphatic rings. The van der Waals surface area contributed by atoms with E-state index in [0.717, 1.165) is 4.31 Å². The summed E-state index contributed by atoms with van der Waals surface area (Å²) >= 11 is 3.23. The van der Waals surface area contributed by atoms with E-state index in [0.29, 0.717) is 10.2 Å². The maximum atomic E-state index is 12.5. The SMILES string of the molecule is COc1cc(S(=O)(=O)N(C)C(C)C(=O)O)c(OC)cc1Br. The van der Waals surface area contributed by atoms with E-state index >= 15 is 0 Å². The number of carboxylic acid groups (broad SMARTS) is 1. The number of carboxylic acids is 1. The molecular weight excluding hydrogens is 366 g/mol. The van der Waals surface area contributed by atoms with Gasteiger partial charge in [-0.2, -0.15) is 4.31 Å². The highest BCUT2D eigenvalue weighted by atomic mass is 79.9. The fourth-order valence-electron chi connectivity index (χ4n) is 1.55. The normalized spacial score (nSPS) is 13.0. The monoisotopic (exact) mass is 381 g/mol. The number of hydrogen-bond donors (Lipinski definition) is 1. The second kappa shape index (κ2) is 6.63. The first-order valence-electron chi connectivity index (χ1n) is 5.79. The van der Waals surface area contributed by atoms with Crippen molar-refractivity contribution < 1.29 is 27.8 Å². The zero-order valence-electron chi connectivity index (χ0n) is 12.0. The number of ether oxygens (including phenoxy) is 2. The molecule has 0 spiro atoms. The number of carbonyl (C=O) groups is 1. The van der Waals surface area contributed by atoms with Crippen molar-refractivity contribution >= 4 is 31.9 Å². The van der Waals surface area contributed by atoms with Crippen molar-refractivity contribution in [1.29, 1.82) is 0 Å². The number of hydrogen-bond acceptors (Lipinski definition) is 5. The number of sulfonamides is 1. The van der Waals surface area contributed by atoms with Gasteiger partial charge in [-0.15, -0.1) is 0 Å². The highest BCUT2D eigenvalue weighted by molar-refractivity contribution is 9.10. The molecule has 7 nitrogen and oxygen atoms in total. The van der Waals surface area contributed by atoms with E-state index in [2.05, 4.69) is 15.9 Å². The molecule has 1 unspecified atom stereocenters. The fourth-order valence-corrected chi connectivity index (χ4v) is 3.51. The average Bonchev–Trinajstić information content (AvgIpc) is 2.44. The Hall–Kier alpha value is -1.32. The van der Waals surface area contributed by atoms with Crippen LogP contribution in [0.25, 0.3) is 0 Å². The van der Waals surface area contributed by atoms with Crippen LogP contribution in [0, 0.1) is 0 Å². The first-order valence-corrected chi connectivity index (χ1v) is 8.02. The zero-order chi connectivity index (χ0) is 16.4. The fraction of sp³-hybridized carbons (Fsp3) is 0.417. The van der Waals surface area contributed by atoms with Gasteiger partial charge in [0.15, 0.2) is 0 Å². The molecule has 0 aliphatic heterocycles. The lowest BCUT2D eigenvalue weighted by Gasteiger charge is -2.22. The Bertz CT molecular complexity index is 645. The van der Waals surface area contributed by atoms with Crippen molar-refractivity contribution in [2.75, 3.05) is 21.3 Å². The van der Waals surface area contributed by atoms with E-state index < -0.39 is 22.0 Å². The molecule has 1 N–H and O–H groups in total. The summed E-state index contributed by atoms with van der Waals surface area (Å²) in [4.78, 5) is 10.8. The Balaban J connectivity index is 3.46. The van der Waals surface area contributed by atoms with Crippen molar-refractivity contribution in [2.45, 2.75) is 17.9 Å². The van der Waals surface area contributed by atoms with Crippen LogP contribution in [-0.2, 0) is 14.8 Å². The third-order valence-electron chi connectivity index (χ3n) is 3.00. The first kappa shape index (κ1) is 17.7. The van der Waals surface area contributed by atoms with Crippen molar-refractivity contribution in [2.24, 2.45) is 0 Å². The number of nitrogens with zero attached hydrogens (tertiary/aromatic N) is 1. The van der Waals surface area contributed by atoms with Gasteiger partial charge in [0.05, 0.1) is 18.7 Å². The Morgan fingerprint density at radius 2 is 1.81 bits per heavy atom. The van der Waals surface area contributed by atoms with Crippen LogP contribution in [0.5, 0.6) is 11.5 Å². The molecule has 0 fully saturated rings. The summed E-state index contributed by atoms with van der Waals surface area (Å²) in [5, 5.41) is 8.96. The second-order valence-electron chi connectivity index (χ2n) is 4.17. The summed E-state index contributed by atoms with van der Waals surface area (Å²) in [6.07, 6.45) is 0. The summed E-state index contributed by atoms with van der Waals surface area (Å²) in [5.41, 5.74) is 0. The molecule has 1 rings (SSSR count). The van der Waals surface area contributed by atoms with Crippen LogP contribution in [0.3, 0.4) is 0 Å². The average molecular weight is 382 g/mol. The van der Waals surface area contributed by atoms with Gasteiger partial charge in [-0.25, -0.2) is 8.42 Å². The largest absolute Gasteiger partial charge is 0.496 e. The van der Waals surface area contributed by atoms with Gasteiger partial charge in [0.25, 0.3) is 0 Å². The Morgan fingerprint density at radius 1 is 1.29 bits per heavy atom. The summed E-state index contributed by atoms with van der Waals surface area (Å²) in [6.45, 7) is 1.28. The zero-order valence-corrected chi connectivity index (χ0v) is 14.4. The predicted molar refractivity (Wildman–Crippen MR) is 79.3 cm³/mol. The molecule has 1 aromatic rings. The van der Waals surface area contributed by atoms with Crippen LogP contribution < -0.4 is 9.47 Å². The van der Waals surface area contributed by atoms with Gasteiger partial charge in [0.1, 0.15) is 22.4 Å². The highest BCUT2D eigenvalue weighted by Crippen LogP contribution is 2.36. The van der Waals surface area contributed by atoms with Gasteiger partial charge >= 0.3 is 5.97 Å². The molecule has 0 saturated heterocycles. The van der Waals surface area contributed by atoms with Crippen LogP contribution in [0.4, 0.5) is 0 Å². The van der Waals surface area contributed by atoms with Crippen molar-refractivity contribution in [3.63, 3.8) is 0 Å². The van der Waals surface area contributed by atoms with Gasteiger partial charge in [-0.3, -0.25) is 4.79 Å². The van der Waals surface area contributed by atoms with Gasteiger partial charge in [0.2, 0.25) is 10.0 Å². The number of halogens is 1. The van der Waals surface area contributed by atoms with E-state index in [1.54, 1.807) is 0 Å². The van der Waals surface area contributed by atoms with Crippen LogP contribution >= 0.6 is 15.9 Å². The van der Waals surface area contributed by atoms with E-state index in [1.807, 2.05) is 0 Å². The van der Waals surface area contributed by atoms with E-state index in [9.17, 15) is 13.2 Å². The number of likely N-dealkylation sites (N-methyl/N-ethyl adjacent to an activating group) is 1. The van der Waals surface area contributed by atoms with E-state index in [-0.39, 0.29) is 10.6 Å². The summed E-state index contributed by atoms with van der Waals surface area (Å²) in [7, 11) is -0.130. The minimum Gasteiger partial charge on any atom is -0.496 e. The lowest BCUT2D eigenvalue weighted by atomic mass is 10.3. The molecule has 1 aromatic carbocycles. The number of benzene rings is 1. The third kappa shape index (κ3) is 3.47. The molecule has 118 valence electrons. The maximum Gasteiger partial charge on any atom is 0.321 e. The second-order valence-corrected chi connectivity index (χ2v) is 6.99. The number of rotatable bonds is 6. The molecule has 0 aromatic heterocycles. The molecule has 0 saturated carbocycles. The Kier molecular flexibility index (Phi) is 5.60. The van der Waals surface area contributed by atoms with Crippen LogP contribution in [0.2, 0.25) is 0 Å². The number of methoxy groups -OCH3 is 2. The lowest BCUT2D eigenvalue weighted by Crippen LogP contribution is -2.40. The van der Waals surface area contributed by atoms with Crippen molar-refractivity contribution in [3.8, 4) is 11.5 Å². The minimum atomic E-state index is -4.05. The Labute approximate surface area is 131 Å². The quantitative estimate of drug-likeness (QED) is 0.803. The first-order chi connectivity index (χ1) is 9.66. The van der Waals surface area contributed by atoms with Crippen molar-refractivity contribution in [3.05, 3.63) is 16.6 Å². The molecule has 0 aliphatic carbocycles. The van der Waals surface area contributed by atoms with Gasteiger partial charge in [0, 0.05) is 13.1 Å². The van der Waals surface area contributed by atoms with Crippen LogP contribution in [0.1, 0.15) is 6.92 Å². The Morgan fingerprint density at radius 3 is 2.24 bits per heavy atom. The van der Waals surface area contributed by atoms with E-state index in [4.69, 9.17) is 14.6 Å². The summed E-state index contributed by atoms with van der Waals surface area (Å²) in [6, 6.07) is 1.52. The molecule has 0 amide bonds. The van der Waals surface area contributed by atoms with Crippen LogP contribution in [-0.4, -0.2) is 51.1 Å². The molecule has 21 heavy (non-hydrogen) atoms.